The normalized spacial score (nSPS) is 27.2. The van der Waals surface area contributed by atoms with Crippen LogP contribution in [0.5, 0.6) is 0 Å². The monoisotopic (exact) mass is 278 g/mol. The highest BCUT2D eigenvalue weighted by Gasteiger charge is 2.33. The Labute approximate surface area is 121 Å². The molecule has 1 saturated carbocycles. The van der Waals surface area contributed by atoms with Gasteiger partial charge in [-0.25, -0.2) is 4.98 Å². The summed E-state index contributed by atoms with van der Waals surface area (Å²) >= 11 is 5.93. The maximum Gasteiger partial charge on any atom is 0.129 e. The van der Waals surface area contributed by atoms with Crippen molar-refractivity contribution in [3.8, 4) is 0 Å². The first-order valence-corrected chi connectivity index (χ1v) is 8.12. The van der Waals surface area contributed by atoms with Gasteiger partial charge in [0.2, 0.25) is 0 Å². The van der Waals surface area contributed by atoms with Gasteiger partial charge < -0.3 is 4.90 Å². The fourth-order valence-electron chi connectivity index (χ4n) is 3.79. The highest BCUT2D eigenvalue weighted by atomic mass is 35.5. The molecule has 0 unspecified atom stereocenters. The fraction of sp³-hybridized carbons (Fsp3) is 0.688. The van der Waals surface area contributed by atoms with Crippen molar-refractivity contribution in [1.82, 2.24) is 4.98 Å². The van der Waals surface area contributed by atoms with E-state index in [9.17, 15) is 0 Å². The molecule has 1 aromatic heterocycles. The molecule has 2 nitrogen and oxygen atoms in total. The third kappa shape index (κ3) is 2.60. The number of hydrogen-bond acceptors (Lipinski definition) is 2. The van der Waals surface area contributed by atoms with Crippen LogP contribution < -0.4 is 4.90 Å². The summed E-state index contributed by atoms with van der Waals surface area (Å²) in [6, 6.07) is 5.05. The van der Waals surface area contributed by atoms with E-state index in [1.165, 1.54) is 50.9 Å². The zero-order valence-electron chi connectivity index (χ0n) is 11.7. The highest BCUT2D eigenvalue weighted by molar-refractivity contribution is 6.17. The molecule has 0 bridgehead atoms. The Balaban J connectivity index is 1.85. The molecule has 2 fully saturated rings. The number of rotatable bonds is 2. The number of aromatic nitrogens is 1. The topological polar surface area (TPSA) is 16.1 Å². The molecule has 2 heterocycles. The van der Waals surface area contributed by atoms with Crippen LogP contribution in [0.15, 0.2) is 12.1 Å². The van der Waals surface area contributed by atoms with Gasteiger partial charge in [0, 0.05) is 24.2 Å². The third-order valence-electron chi connectivity index (χ3n) is 4.86. The standard InChI is InChI=1S/C16H23ClN2/c1-12-14(11-17)8-9-16(18-12)19-10-4-6-13-5-2-3-7-15(13)19/h8-9,13,15H,2-7,10-11H2,1H3/t13-,15-/m1/s1. The van der Waals surface area contributed by atoms with Crippen LogP contribution in [-0.4, -0.2) is 17.6 Å². The zero-order valence-corrected chi connectivity index (χ0v) is 12.5. The van der Waals surface area contributed by atoms with E-state index < -0.39 is 0 Å². The van der Waals surface area contributed by atoms with Gasteiger partial charge in [-0.2, -0.15) is 0 Å². The molecule has 2 aliphatic rings. The lowest BCUT2D eigenvalue weighted by Gasteiger charge is -2.45. The number of piperidine rings is 1. The van der Waals surface area contributed by atoms with Gasteiger partial charge in [-0.1, -0.05) is 18.9 Å². The Bertz CT molecular complexity index is 444. The van der Waals surface area contributed by atoms with Crippen molar-refractivity contribution < 1.29 is 0 Å². The van der Waals surface area contributed by atoms with E-state index in [0.717, 1.165) is 23.2 Å². The molecule has 0 aromatic carbocycles. The number of hydrogen-bond donors (Lipinski definition) is 0. The average molecular weight is 279 g/mol. The molecular formula is C16H23ClN2. The molecule has 2 atom stereocenters. The van der Waals surface area contributed by atoms with Crippen LogP contribution in [0.4, 0.5) is 5.82 Å². The van der Waals surface area contributed by atoms with E-state index >= 15 is 0 Å². The maximum absolute atomic E-state index is 5.93. The second-order valence-corrected chi connectivity index (χ2v) is 6.26. The Morgan fingerprint density at radius 2 is 2.00 bits per heavy atom. The number of fused-ring (bicyclic) bond motifs is 1. The average Bonchev–Trinajstić information content (AvgIpc) is 2.46. The first-order chi connectivity index (χ1) is 9.29. The molecule has 104 valence electrons. The van der Waals surface area contributed by atoms with Crippen LogP contribution >= 0.6 is 11.6 Å². The lowest BCUT2D eigenvalue weighted by molar-refractivity contribution is 0.242. The Morgan fingerprint density at radius 1 is 1.21 bits per heavy atom. The Hall–Kier alpha value is -0.760. The van der Waals surface area contributed by atoms with Crippen molar-refractivity contribution in [3.05, 3.63) is 23.4 Å². The minimum Gasteiger partial charge on any atom is -0.353 e. The molecule has 1 aliphatic carbocycles. The third-order valence-corrected chi connectivity index (χ3v) is 5.15. The van der Waals surface area contributed by atoms with Crippen LogP contribution in [0, 0.1) is 12.8 Å². The molecule has 1 aliphatic heterocycles. The predicted octanol–water partition coefficient (Wildman–Crippen LogP) is 4.29. The van der Waals surface area contributed by atoms with Crippen LogP contribution in [0.3, 0.4) is 0 Å². The number of alkyl halides is 1. The van der Waals surface area contributed by atoms with Gasteiger partial charge in [-0.3, -0.25) is 0 Å². The van der Waals surface area contributed by atoms with Crippen LogP contribution in [-0.2, 0) is 5.88 Å². The summed E-state index contributed by atoms with van der Waals surface area (Å²) in [4.78, 5) is 7.37. The van der Waals surface area contributed by atoms with E-state index in [-0.39, 0.29) is 0 Å². The molecule has 19 heavy (non-hydrogen) atoms. The minimum absolute atomic E-state index is 0.561. The second-order valence-electron chi connectivity index (χ2n) is 6.00. The van der Waals surface area contributed by atoms with Gasteiger partial charge in [0.1, 0.15) is 5.82 Å². The van der Waals surface area contributed by atoms with Crippen molar-refractivity contribution in [2.24, 2.45) is 5.92 Å². The van der Waals surface area contributed by atoms with Gasteiger partial charge in [0.25, 0.3) is 0 Å². The fourth-order valence-corrected chi connectivity index (χ4v) is 4.07. The molecule has 3 heteroatoms. The predicted molar refractivity (Wildman–Crippen MR) is 80.9 cm³/mol. The van der Waals surface area contributed by atoms with E-state index in [2.05, 4.69) is 24.0 Å². The van der Waals surface area contributed by atoms with Crippen molar-refractivity contribution in [3.63, 3.8) is 0 Å². The smallest absolute Gasteiger partial charge is 0.129 e. The lowest BCUT2D eigenvalue weighted by Crippen LogP contribution is -2.47. The van der Waals surface area contributed by atoms with Gasteiger partial charge >= 0.3 is 0 Å². The van der Waals surface area contributed by atoms with Gasteiger partial charge in [-0.05, 0) is 50.2 Å². The maximum atomic E-state index is 5.93. The summed E-state index contributed by atoms with van der Waals surface area (Å²) in [6.07, 6.45) is 8.31. The van der Waals surface area contributed by atoms with Gasteiger partial charge in [-0.15, -0.1) is 11.6 Å². The number of anilines is 1. The number of aryl methyl sites for hydroxylation is 1. The second kappa shape index (κ2) is 5.70. The van der Waals surface area contributed by atoms with Gasteiger partial charge in [0.05, 0.1) is 0 Å². The van der Waals surface area contributed by atoms with Crippen LogP contribution in [0.2, 0.25) is 0 Å². The summed E-state index contributed by atoms with van der Waals surface area (Å²) in [5.74, 6) is 2.63. The van der Waals surface area contributed by atoms with Crippen LogP contribution in [0.25, 0.3) is 0 Å². The van der Waals surface area contributed by atoms with Crippen LogP contribution in [0.1, 0.15) is 49.8 Å². The van der Waals surface area contributed by atoms with E-state index in [0.29, 0.717) is 5.88 Å². The SMILES string of the molecule is Cc1nc(N2CCC[C@H]3CCCC[C@H]32)ccc1CCl. The molecule has 0 radical (unpaired) electrons. The lowest BCUT2D eigenvalue weighted by atomic mass is 9.78. The van der Waals surface area contributed by atoms with Crippen molar-refractivity contribution in [2.75, 3.05) is 11.4 Å². The summed E-state index contributed by atoms with van der Waals surface area (Å²) in [6.45, 7) is 3.25. The van der Waals surface area contributed by atoms with E-state index in [1.54, 1.807) is 0 Å². The Morgan fingerprint density at radius 3 is 2.79 bits per heavy atom. The summed E-state index contributed by atoms with van der Waals surface area (Å²) in [5, 5.41) is 0. The molecular weight excluding hydrogens is 256 g/mol. The quantitative estimate of drug-likeness (QED) is 0.751. The number of pyridine rings is 1. The highest BCUT2D eigenvalue weighted by Crippen LogP contribution is 2.37. The first-order valence-electron chi connectivity index (χ1n) is 7.58. The Kier molecular flexibility index (Phi) is 3.97. The largest absolute Gasteiger partial charge is 0.353 e. The van der Waals surface area contributed by atoms with E-state index in [1.807, 2.05) is 0 Å². The molecule has 1 aromatic rings. The van der Waals surface area contributed by atoms with Crippen molar-refractivity contribution in [1.29, 1.82) is 0 Å². The number of halogens is 1. The zero-order chi connectivity index (χ0) is 13.2. The van der Waals surface area contributed by atoms with Crippen molar-refractivity contribution in [2.45, 2.75) is 57.4 Å². The summed E-state index contributed by atoms with van der Waals surface area (Å²) in [5.41, 5.74) is 2.24. The van der Waals surface area contributed by atoms with Gasteiger partial charge in [0.15, 0.2) is 0 Å². The molecule has 0 N–H and O–H groups in total. The van der Waals surface area contributed by atoms with E-state index in [4.69, 9.17) is 16.6 Å². The minimum atomic E-state index is 0.561. The molecule has 0 amide bonds. The summed E-state index contributed by atoms with van der Waals surface area (Å²) in [7, 11) is 0. The molecule has 1 saturated heterocycles. The van der Waals surface area contributed by atoms with Crippen molar-refractivity contribution >= 4 is 17.4 Å². The molecule has 3 rings (SSSR count). The summed E-state index contributed by atoms with van der Waals surface area (Å²) < 4.78 is 0. The molecule has 0 spiro atoms. The number of nitrogens with zero attached hydrogens (tertiary/aromatic N) is 2. The first kappa shape index (κ1) is 13.2.